The van der Waals surface area contributed by atoms with Crippen LogP contribution in [0.3, 0.4) is 0 Å². The third kappa shape index (κ3) is 3.12. The van der Waals surface area contributed by atoms with Gasteiger partial charge in [-0.2, -0.15) is 0 Å². The van der Waals surface area contributed by atoms with Crippen LogP contribution in [0.4, 0.5) is 4.39 Å². The Morgan fingerprint density at radius 3 is 2.78 bits per heavy atom. The number of carbonyl (C=O) groups is 2. The summed E-state index contributed by atoms with van der Waals surface area (Å²) in [5, 5.41) is 2.82. The van der Waals surface area contributed by atoms with Crippen molar-refractivity contribution in [3.05, 3.63) is 71.0 Å². The van der Waals surface area contributed by atoms with Gasteiger partial charge in [-0.1, -0.05) is 30.3 Å². The molecule has 1 saturated heterocycles. The Labute approximate surface area is 162 Å². The van der Waals surface area contributed by atoms with Crippen molar-refractivity contribution in [2.24, 2.45) is 0 Å². The molecule has 2 aromatic carbocycles. The Morgan fingerprint density at radius 1 is 1.22 bits per heavy atom. The molecule has 0 bridgehead atoms. The number of rotatable bonds is 4. The topological polar surface area (TPSA) is 49.4 Å². The Bertz CT molecular complexity index is 915. The first kappa shape index (κ1) is 18.0. The molecule has 0 aliphatic carbocycles. The van der Waals surface area contributed by atoms with Gasteiger partial charge >= 0.3 is 0 Å². The van der Waals surface area contributed by atoms with Crippen LogP contribution in [0.2, 0.25) is 0 Å². The highest BCUT2D eigenvalue weighted by Gasteiger charge is 2.57. The molecule has 2 heterocycles. The smallest absolute Gasteiger partial charge is 0.256 e. The lowest BCUT2D eigenvalue weighted by Gasteiger charge is -2.29. The maximum absolute atomic E-state index is 13.3. The SMILES string of the molecule is CC1(C)S[C@H]2c3ccccc3C(=O)N2[C@@H]1C(=O)NCCc1cccc(F)c1. The van der Waals surface area contributed by atoms with Crippen LogP contribution in [0.25, 0.3) is 0 Å². The van der Waals surface area contributed by atoms with Crippen molar-refractivity contribution < 1.29 is 14.0 Å². The number of benzene rings is 2. The molecule has 0 saturated carbocycles. The Morgan fingerprint density at radius 2 is 2.00 bits per heavy atom. The summed E-state index contributed by atoms with van der Waals surface area (Å²) in [6.45, 7) is 4.41. The average molecular weight is 384 g/mol. The van der Waals surface area contributed by atoms with E-state index >= 15 is 0 Å². The third-order valence-electron chi connectivity index (χ3n) is 5.15. The Balaban J connectivity index is 1.49. The predicted octanol–water partition coefficient (Wildman–Crippen LogP) is 3.53. The zero-order valence-electron chi connectivity index (χ0n) is 15.2. The molecular formula is C21H21FN2O2S. The van der Waals surface area contributed by atoms with Crippen LogP contribution in [0.15, 0.2) is 48.5 Å². The van der Waals surface area contributed by atoms with Gasteiger partial charge in [-0.3, -0.25) is 9.59 Å². The van der Waals surface area contributed by atoms with Crippen molar-refractivity contribution in [1.82, 2.24) is 10.2 Å². The first-order valence-electron chi connectivity index (χ1n) is 9.00. The van der Waals surface area contributed by atoms with Crippen molar-refractivity contribution >= 4 is 23.6 Å². The predicted molar refractivity (Wildman–Crippen MR) is 104 cm³/mol. The molecule has 2 atom stereocenters. The molecular weight excluding hydrogens is 363 g/mol. The number of hydrogen-bond acceptors (Lipinski definition) is 3. The van der Waals surface area contributed by atoms with Gasteiger partial charge in [0.1, 0.15) is 17.2 Å². The number of amides is 2. The van der Waals surface area contributed by atoms with Crippen molar-refractivity contribution in [1.29, 1.82) is 0 Å². The van der Waals surface area contributed by atoms with E-state index in [-0.39, 0.29) is 23.0 Å². The molecule has 0 radical (unpaired) electrons. The van der Waals surface area contributed by atoms with Crippen LogP contribution < -0.4 is 5.32 Å². The van der Waals surface area contributed by atoms with Crippen LogP contribution >= 0.6 is 11.8 Å². The number of thioether (sulfide) groups is 1. The zero-order valence-corrected chi connectivity index (χ0v) is 16.1. The lowest BCUT2D eigenvalue weighted by molar-refractivity contribution is -0.126. The second-order valence-electron chi connectivity index (χ2n) is 7.45. The minimum atomic E-state index is -0.542. The van der Waals surface area contributed by atoms with E-state index < -0.39 is 10.8 Å². The number of fused-ring (bicyclic) bond motifs is 3. The summed E-state index contributed by atoms with van der Waals surface area (Å²) in [6.07, 6.45) is 0.543. The Hall–Kier alpha value is -2.34. The molecule has 2 aromatic rings. The van der Waals surface area contributed by atoms with Crippen molar-refractivity contribution in [2.75, 3.05) is 6.54 Å². The van der Waals surface area contributed by atoms with Gasteiger partial charge in [0.05, 0.1) is 0 Å². The van der Waals surface area contributed by atoms with Gasteiger partial charge in [0.15, 0.2) is 0 Å². The molecule has 6 heteroatoms. The van der Waals surface area contributed by atoms with Crippen LogP contribution in [0, 0.1) is 5.82 Å². The van der Waals surface area contributed by atoms with Gasteiger partial charge in [0.2, 0.25) is 5.91 Å². The first-order valence-corrected chi connectivity index (χ1v) is 9.88. The normalized spacial score (nSPS) is 22.5. The van der Waals surface area contributed by atoms with Gasteiger partial charge in [0, 0.05) is 16.9 Å². The highest BCUT2D eigenvalue weighted by molar-refractivity contribution is 8.01. The molecule has 0 spiro atoms. The van der Waals surface area contributed by atoms with E-state index in [1.165, 1.54) is 12.1 Å². The lowest BCUT2D eigenvalue weighted by Crippen LogP contribution is -2.52. The summed E-state index contributed by atoms with van der Waals surface area (Å²) >= 11 is 1.65. The fourth-order valence-corrected chi connectivity index (χ4v) is 5.51. The van der Waals surface area contributed by atoms with Crippen molar-refractivity contribution in [3.8, 4) is 0 Å². The van der Waals surface area contributed by atoms with E-state index in [2.05, 4.69) is 5.32 Å². The molecule has 0 unspecified atom stereocenters. The third-order valence-corrected chi connectivity index (χ3v) is 6.68. The maximum atomic E-state index is 13.3. The maximum Gasteiger partial charge on any atom is 0.256 e. The molecule has 2 aliphatic heterocycles. The summed E-state index contributed by atoms with van der Waals surface area (Å²) in [6, 6.07) is 13.4. The molecule has 140 valence electrons. The van der Waals surface area contributed by atoms with Gasteiger partial charge < -0.3 is 10.2 Å². The van der Waals surface area contributed by atoms with Gasteiger partial charge in [0.25, 0.3) is 5.91 Å². The lowest BCUT2D eigenvalue weighted by atomic mass is 10.0. The number of carbonyl (C=O) groups excluding carboxylic acids is 2. The molecule has 0 aromatic heterocycles. The Kier molecular flexibility index (Phi) is 4.46. The summed E-state index contributed by atoms with van der Waals surface area (Å²) in [4.78, 5) is 27.6. The molecule has 1 fully saturated rings. The van der Waals surface area contributed by atoms with Gasteiger partial charge in [-0.25, -0.2) is 4.39 Å². The van der Waals surface area contributed by atoms with Crippen LogP contribution in [0.5, 0.6) is 0 Å². The molecule has 4 rings (SSSR count). The fraction of sp³-hybridized carbons (Fsp3) is 0.333. The number of nitrogens with one attached hydrogen (secondary N) is 1. The second kappa shape index (κ2) is 6.68. The van der Waals surface area contributed by atoms with Crippen LogP contribution in [-0.2, 0) is 11.2 Å². The van der Waals surface area contributed by atoms with E-state index in [1.807, 2.05) is 44.2 Å². The van der Waals surface area contributed by atoms with Crippen LogP contribution in [-0.4, -0.2) is 34.0 Å². The van der Waals surface area contributed by atoms with Gasteiger partial charge in [-0.05, 0) is 49.6 Å². The minimum absolute atomic E-state index is 0.0843. The number of nitrogens with zero attached hydrogens (tertiary/aromatic N) is 1. The van der Waals surface area contributed by atoms with Crippen molar-refractivity contribution in [3.63, 3.8) is 0 Å². The van der Waals surface area contributed by atoms with E-state index in [4.69, 9.17) is 0 Å². The highest BCUT2D eigenvalue weighted by Crippen LogP contribution is 2.56. The molecule has 4 nitrogen and oxygen atoms in total. The number of hydrogen-bond donors (Lipinski definition) is 1. The largest absolute Gasteiger partial charge is 0.354 e. The quantitative estimate of drug-likeness (QED) is 0.877. The fourth-order valence-electron chi connectivity index (χ4n) is 3.92. The summed E-state index contributed by atoms with van der Waals surface area (Å²) in [5.74, 6) is -0.526. The standard InChI is InChI=1S/C21H21FN2O2S/c1-21(2)17(18(25)23-11-10-13-6-5-7-14(22)12-13)24-19(26)15-8-3-4-9-16(15)20(24)27-21/h3-9,12,17,20H,10-11H2,1-2H3,(H,23,25)/t17-,20+/m1/s1. The minimum Gasteiger partial charge on any atom is -0.354 e. The summed E-state index contributed by atoms with van der Waals surface area (Å²) in [7, 11) is 0. The molecule has 1 N–H and O–H groups in total. The van der Waals surface area contributed by atoms with Gasteiger partial charge in [-0.15, -0.1) is 11.8 Å². The molecule has 2 amide bonds. The van der Waals surface area contributed by atoms with E-state index in [0.717, 1.165) is 11.1 Å². The summed E-state index contributed by atoms with van der Waals surface area (Å²) in [5.41, 5.74) is 2.50. The van der Waals surface area contributed by atoms with Crippen molar-refractivity contribution in [2.45, 2.75) is 36.4 Å². The van der Waals surface area contributed by atoms with E-state index in [0.29, 0.717) is 18.5 Å². The molecule has 2 aliphatic rings. The summed E-state index contributed by atoms with van der Waals surface area (Å²) < 4.78 is 12.9. The van der Waals surface area contributed by atoms with E-state index in [9.17, 15) is 14.0 Å². The average Bonchev–Trinajstić information content (AvgIpc) is 3.05. The number of halogens is 1. The second-order valence-corrected chi connectivity index (χ2v) is 9.18. The van der Waals surface area contributed by atoms with E-state index in [1.54, 1.807) is 22.7 Å². The first-order chi connectivity index (χ1) is 12.9. The zero-order chi connectivity index (χ0) is 19.2. The highest BCUT2D eigenvalue weighted by atomic mass is 32.2. The monoisotopic (exact) mass is 384 g/mol. The van der Waals surface area contributed by atoms with Crippen LogP contribution in [0.1, 0.15) is 40.7 Å². The molecule has 27 heavy (non-hydrogen) atoms.